The molecule has 2 aliphatic heterocycles. The summed E-state index contributed by atoms with van der Waals surface area (Å²) >= 11 is 1.82. The molecule has 1 amide bonds. The number of thiophene rings is 1. The molecule has 3 heterocycles. The Balaban J connectivity index is 1.32. The molecule has 0 bridgehead atoms. The molecule has 0 saturated carbocycles. The average Bonchev–Trinajstić information content (AvgIpc) is 3.20. The van der Waals surface area contributed by atoms with Gasteiger partial charge in [0.05, 0.1) is 6.10 Å². The predicted molar refractivity (Wildman–Crippen MR) is 89.0 cm³/mol. The predicted octanol–water partition coefficient (Wildman–Crippen LogP) is 2.79. The van der Waals surface area contributed by atoms with Gasteiger partial charge in [-0.3, -0.25) is 9.69 Å². The summed E-state index contributed by atoms with van der Waals surface area (Å²) in [5.41, 5.74) is 0. The minimum absolute atomic E-state index is 0.201. The van der Waals surface area contributed by atoms with Crippen molar-refractivity contribution in [1.29, 1.82) is 0 Å². The molecule has 3 rings (SSSR count). The summed E-state index contributed by atoms with van der Waals surface area (Å²) in [5, 5.41) is 5.34. The van der Waals surface area contributed by atoms with E-state index in [0.717, 1.165) is 58.3 Å². The number of likely N-dealkylation sites (tertiary alicyclic amines) is 1. The zero-order valence-corrected chi connectivity index (χ0v) is 13.9. The van der Waals surface area contributed by atoms with Crippen LogP contribution in [0.5, 0.6) is 0 Å². The van der Waals surface area contributed by atoms with Crippen LogP contribution in [0.15, 0.2) is 17.5 Å². The molecule has 0 spiro atoms. The molecule has 4 nitrogen and oxygen atoms in total. The third kappa shape index (κ3) is 4.80. The number of carbonyl (C=O) groups excluding carboxylic acids is 1. The third-order valence-corrected chi connectivity index (χ3v) is 5.49. The second-order valence-electron chi connectivity index (χ2n) is 6.37. The lowest BCUT2D eigenvalue weighted by molar-refractivity contribution is -0.122. The molecule has 122 valence electrons. The molecule has 0 unspecified atom stereocenters. The van der Waals surface area contributed by atoms with Crippen LogP contribution in [-0.4, -0.2) is 42.6 Å². The van der Waals surface area contributed by atoms with Crippen LogP contribution >= 0.6 is 11.3 Å². The highest BCUT2D eigenvalue weighted by molar-refractivity contribution is 7.09. The van der Waals surface area contributed by atoms with Crippen LogP contribution in [0.3, 0.4) is 0 Å². The van der Waals surface area contributed by atoms with Crippen molar-refractivity contribution in [3.8, 4) is 0 Å². The highest BCUT2D eigenvalue weighted by atomic mass is 32.1. The molecule has 2 fully saturated rings. The third-order valence-electron chi connectivity index (χ3n) is 4.63. The summed E-state index contributed by atoms with van der Waals surface area (Å²) in [4.78, 5) is 15.9. The summed E-state index contributed by atoms with van der Waals surface area (Å²) in [7, 11) is 0. The van der Waals surface area contributed by atoms with Gasteiger partial charge in [0.15, 0.2) is 0 Å². The SMILES string of the molecule is O=C(CC[C@H]1CCCO1)NC1CCN(Cc2cccs2)CC1. The van der Waals surface area contributed by atoms with Crippen molar-refractivity contribution in [2.75, 3.05) is 19.7 Å². The fourth-order valence-corrected chi connectivity index (χ4v) is 4.07. The van der Waals surface area contributed by atoms with Gasteiger partial charge in [0.25, 0.3) is 0 Å². The van der Waals surface area contributed by atoms with Crippen molar-refractivity contribution in [3.05, 3.63) is 22.4 Å². The lowest BCUT2D eigenvalue weighted by atomic mass is 10.0. The van der Waals surface area contributed by atoms with Gasteiger partial charge in [-0.2, -0.15) is 0 Å². The first-order chi connectivity index (χ1) is 10.8. The van der Waals surface area contributed by atoms with Gasteiger partial charge in [0.1, 0.15) is 0 Å². The number of carbonyl (C=O) groups is 1. The first-order valence-corrected chi connectivity index (χ1v) is 9.33. The number of ether oxygens (including phenoxy) is 1. The Kier molecular flexibility index (Phi) is 5.87. The fourth-order valence-electron chi connectivity index (χ4n) is 3.32. The molecule has 22 heavy (non-hydrogen) atoms. The van der Waals surface area contributed by atoms with Crippen LogP contribution in [0.1, 0.15) is 43.4 Å². The highest BCUT2D eigenvalue weighted by Crippen LogP contribution is 2.18. The summed E-state index contributed by atoms with van der Waals surface area (Å²) in [6, 6.07) is 4.67. The van der Waals surface area contributed by atoms with Crippen LogP contribution in [-0.2, 0) is 16.1 Å². The van der Waals surface area contributed by atoms with E-state index in [1.807, 2.05) is 11.3 Å². The number of piperidine rings is 1. The molecule has 0 aromatic carbocycles. The zero-order chi connectivity index (χ0) is 15.2. The molecule has 5 heteroatoms. The second-order valence-corrected chi connectivity index (χ2v) is 7.40. The number of nitrogens with zero attached hydrogens (tertiary/aromatic N) is 1. The molecule has 0 aliphatic carbocycles. The van der Waals surface area contributed by atoms with E-state index in [-0.39, 0.29) is 5.91 Å². The highest BCUT2D eigenvalue weighted by Gasteiger charge is 2.22. The number of hydrogen-bond acceptors (Lipinski definition) is 4. The number of nitrogens with one attached hydrogen (secondary N) is 1. The Morgan fingerprint density at radius 2 is 2.23 bits per heavy atom. The van der Waals surface area contributed by atoms with Crippen LogP contribution in [0.25, 0.3) is 0 Å². The molecule has 2 saturated heterocycles. The maximum absolute atomic E-state index is 12.0. The Labute approximate surface area is 136 Å². The first kappa shape index (κ1) is 16.0. The van der Waals surface area contributed by atoms with E-state index in [4.69, 9.17) is 4.74 Å². The monoisotopic (exact) mass is 322 g/mol. The van der Waals surface area contributed by atoms with Crippen LogP contribution < -0.4 is 5.32 Å². The Morgan fingerprint density at radius 1 is 1.36 bits per heavy atom. The van der Waals surface area contributed by atoms with Crippen molar-refractivity contribution >= 4 is 17.2 Å². The summed E-state index contributed by atoms with van der Waals surface area (Å²) in [6.45, 7) is 4.08. The number of hydrogen-bond donors (Lipinski definition) is 1. The summed E-state index contributed by atoms with van der Waals surface area (Å²) in [5.74, 6) is 0.201. The zero-order valence-electron chi connectivity index (χ0n) is 13.1. The summed E-state index contributed by atoms with van der Waals surface area (Å²) in [6.07, 6.45) is 6.21. The average molecular weight is 322 g/mol. The van der Waals surface area contributed by atoms with Gasteiger partial charge < -0.3 is 10.1 Å². The van der Waals surface area contributed by atoms with E-state index in [1.165, 1.54) is 4.88 Å². The van der Waals surface area contributed by atoms with Crippen molar-refractivity contribution < 1.29 is 9.53 Å². The van der Waals surface area contributed by atoms with E-state index < -0.39 is 0 Å². The Hall–Kier alpha value is -0.910. The number of amides is 1. The molecule has 1 atom stereocenters. The normalized spacial score (nSPS) is 23.7. The van der Waals surface area contributed by atoms with Crippen LogP contribution in [0.2, 0.25) is 0 Å². The molecule has 1 aromatic heterocycles. The molecule has 2 aliphatic rings. The Morgan fingerprint density at radius 3 is 2.91 bits per heavy atom. The van der Waals surface area contributed by atoms with Gasteiger partial charge in [0.2, 0.25) is 5.91 Å². The van der Waals surface area contributed by atoms with E-state index in [9.17, 15) is 4.79 Å². The maximum Gasteiger partial charge on any atom is 0.220 e. The standard InChI is InChI=1S/C17H26N2O2S/c20-17(6-5-15-3-1-11-21-15)18-14-7-9-19(10-8-14)13-16-4-2-12-22-16/h2,4,12,14-15H,1,3,5-11,13H2,(H,18,20)/t15-/m1/s1. The van der Waals surface area contributed by atoms with E-state index in [2.05, 4.69) is 27.7 Å². The second kappa shape index (κ2) is 8.09. The van der Waals surface area contributed by atoms with Gasteiger partial charge >= 0.3 is 0 Å². The molecular formula is C17H26N2O2S. The van der Waals surface area contributed by atoms with Crippen molar-refractivity contribution in [2.45, 2.75) is 57.2 Å². The van der Waals surface area contributed by atoms with Gasteiger partial charge in [-0.15, -0.1) is 11.3 Å². The molecule has 0 radical (unpaired) electrons. The molecule has 1 aromatic rings. The van der Waals surface area contributed by atoms with Crippen molar-refractivity contribution in [1.82, 2.24) is 10.2 Å². The molecule has 1 N–H and O–H groups in total. The van der Waals surface area contributed by atoms with Gasteiger partial charge in [-0.05, 0) is 43.6 Å². The Bertz CT molecular complexity index is 449. The van der Waals surface area contributed by atoms with Gasteiger partial charge in [-0.1, -0.05) is 6.07 Å². The summed E-state index contributed by atoms with van der Waals surface area (Å²) < 4.78 is 5.57. The quantitative estimate of drug-likeness (QED) is 0.875. The topological polar surface area (TPSA) is 41.6 Å². The first-order valence-electron chi connectivity index (χ1n) is 8.45. The minimum Gasteiger partial charge on any atom is -0.378 e. The minimum atomic E-state index is 0.201. The largest absolute Gasteiger partial charge is 0.378 e. The van der Waals surface area contributed by atoms with Gasteiger partial charge in [-0.25, -0.2) is 0 Å². The lowest BCUT2D eigenvalue weighted by Gasteiger charge is -2.32. The fraction of sp³-hybridized carbons (Fsp3) is 0.706. The van der Waals surface area contributed by atoms with Gasteiger partial charge in [0, 0.05) is 43.6 Å². The number of rotatable bonds is 6. The van der Waals surface area contributed by atoms with Crippen molar-refractivity contribution in [2.24, 2.45) is 0 Å². The smallest absolute Gasteiger partial charge is 0.220 e. The van der Waals surface area contributed by atoms with E-state index in [1.54, 1.807) is 0 Å². The molecular weight excluding hydrogens is 296 g/mol. The lowest BCUT2D eigenvalue weighted by Crippen LogP contribution is -2.44. The van der Waals surface area contributed by atoms with E-state index in [0.29, 0.717) is 18.6 Å². The van der Waals surface area contributed by atoms with E-state index >= 15 is 0 Å². The van der Waals surface area contributed by atoms with Crippen LogP contribution in [0, 0.1) is 0 Å². The maximum atomic E-state index is 12.0. The van der Waals surface area contributed by atoms with Crippen LogP contribution in [0.4, 0.5) is 0 Å². The van der Waals surface area contributed by atoms with Crippen molar-refractivity contribution in [3.63, 3.8) is 0 Å².